The Bertz CT molecular complexity index is 680. The van der Waals surface area contributed by atoms with Gasteiger partial charge in [0.15, 0.2) is 5.82 Å². The molecule has 0 aliphatic heterocycles. The second-order valence-electron chi connectivity index (χ2n) is 4.38. The zero-order valence-electron chi connectivity index (χ0n) is 12.0. The topological polar surface area (TPSA) is 94.0 Å². The van der Waals surface area contributed by atoms with Crippen LogP contribution in [0.1, 0.15) is 23.9 Å². The normalized spacial score (nSPS) is 10.1. The van der Waals surface area contributed by atoms with E-state index in [0.717, 1.165) is 5.56 Å². The summed E-state index contributed by atoms with van der Waals surface area (Å²) < 4.78 is 11.0. The van der Waals surface area contributed by atoms with Crippen LogP contribution in [0.2, 0.25) is 0 Å². The first-order valence-corrected chi connectivity index (χ1v) is 6.52. The highest BCUT2D eigenvalue weighted by Gasteiger charge is 2.08. The van der Waals surface area contributed by atoms with Crippen molar-refractivity contribution in [2.24, 2.45) is 0 Å². The lowest BCUT2D eigenvalue weighted by Crippen LogP contribution is -2.04. The molecular formula is C15H16N4O2. The lowest BCUT2D eigenvalue weighted by Gasteiger charge is -2.10. The van der Waals surface area contributed by atoms with Gasteiger partial charge in [0.1, 0.15) is 18.2 Å². The average molecular weight is 284 g/mol. The minimum Gasteiger partial charge on any atom is -0.439 e. The van der Waals surface area contributed by atoms with Gasteiger partial charge in [-0.1, -0.05) is 6.07 Å². The Hall–Kier alpha value is -2.65. The molecular weight excluding hydrogens is 268 g/mol. The van der Waals surface area contributed by atoms with E-state index in [2.05, 4.69) is 16.0 Å². The lowest BCUT2D eigenvalue weighted by molar-refractivity contribution is 0.128. The van der Waals surface area contributed by atoms with Gasteiger partial charge in [-0.25, -0.2) is 4.98 Å². The summed E-state index contributed by atoms with van der Waals surface area (Å²) in [6, 6.07) is 8.82. The second-order valence-corrected chi connectivity index (χ2v) is 4.38. The maximum absolute atomic E-state index is 8.94. The average Bonchev–Trinajstić information content (AvgIpc) is 2.47. The molecule has 0 atom stereocenters. The quantitative estimate of drug-likeness (QED) is 0.906. The van der Waals surface area contributed by atoms with E-state index in [1.807, 2.05) is 19.9 Å². The van der Waals surface area contributed by atoms with Crippen molar-refractivity contribution in [2.75, 3.05) is 12.3 Å². The molecule has 2 N–H and O–H groups in total. The molecule has 21 heavy (non-hydrogen) atoms. The molecule has 1 heterocycles. The molecule has 1 aromatic heterocycles. The summed E-state index contributed by atoms with van der Waals surface area (Å²) in [7, 11) is 0. The van der Waals surface area contributed by atoms with Crippen LogP contribution in [-0.2, 0) is 11.3 Å². The van der Waals surface area contributed by atoms with Gasteiger partial charge >= 0.3 is 0 Å². The molecule has 108 valence electrons. The summed E-state index contributed by atoms with van der Waals surface area (Å²) in [5.41, 5.74) is 7.16. The number of nitriles is 1. The standard InChI is InChI=1S/C15H16N4O2/c1-3-20-9-14-18-13(17)7-15(19-14)21-12-6-11(8-16)5-4-10(12)2/h4-7H,3,9H2,1-2H3,(H2,17,18,19). The van der Waals surface area contributed by atoms with Crippen LogP contribution in [0.15, 0.2) is 24.3 Å². The number of aromatic nitrogens is 2. The van der Waals surface area contributed by atoms with Gasteiger partial charge in [-0.05, 0) is 31.5 Å². The van der Waals surface area contributed by atoms with Crippen molar-refractivity contribution in [3.05, 3.63) is 41.2 Å². The van der Waals surface area contributed by atoms with Gasteiger partial charge in [0.2, 0.25) is 5.88 Å². The van der Waals surface area contributed by atoms with E-state index in [4.69, 9.17) is 20.5 Å². The summed E-state index contributed by atoms with van der Waals surface area (Å²) in [6.45, 7) is 4.62. The predicted octanol–water partition coefficient (Wildman–Crippen LogP) is 2.57. The van der Waals surface area contributed by atoms with E-state index in [1.54, 1.807) is 12.1 Å². The summed E-state index contributed by atoms with van der Waals surface area (Å²) >= 11 is 0. The number of benzene rings is 1. The monoisotopic (exact) mass is 284 g/mol. The van der Waals surface area contributed by atoms with Crippen LogP contribution >= 0.6 is 0 Å². The third kappa shape index (κ3) is 3.91. The molecule has 0 amide bonds. The molecule has 2 aromatic rings. The Morgan fingerprint density at radius 2 is 2.10 bits per heavy atom. The van der Waals surface area contributed by atoms with E-state index in [1.165, 1.54) is 6.07 Å². The maximum atomic E-state index is 8.94. The molecule has 0 unspecified atom stereocenters. The molecule has 0 aliphatic rings. The smallest absolute Gasteiger partial charge is 0.224 e. The highest BCUT2D eigenvalue weighted by Crippen LogP contribution is 2.25. The van der Waals surface area contributed by atoms with Gasteiger partial charge in [-0.15, -0.1) is 0 Å². The molecule has 6 nitrogen and oxygen atoms in total. The third-order valence-corrected chi connectivity index (χ3v) is 2.74. The molecule has 6 heteroatoms. The highest BCUT2D eigenvalue weighted by atomic mass is 16.5. The van der Waals surface area contributed by atoms with Crippen LogP contribution in [0.5, 0.6) is 11.6 Å². The van der Waals surface area contributed by atoms with Gasteiger partial charge in [0.25, 0.3) is 0 Å². The van der Waals surface area contributed by atoms with Crippen molar-refractivity contribution in [3.8, 4) is 17.7 Å². The fraction of sp³-hybridized carbons (Fsp3) is 0.267. The number of nitrogens with zero attached hydrogens (tertiary/aromatic N) is 3. The van der Waals surface area contributed by atoms with Crippen LogP contribution in [-0.4, -0.2) is 16.6 Å². The summed E-state index contributed by atoms with van der Waals surface area (Å²) in [5.74, 6) is 1.66. The van der Waals surface area contributed by atoms with E-state index in [0.29, 0.717) is 35.4 Å². The molecule has 0 aliphatic carbocycles. The van der Waals surface area contributed by atoms with Crippen LogP contribution in [0.25, 0.3) is 0 Å². The lowest BCUT2D eigenvalue weighted by atomic mass is 10.1. The largest absolute Gasteiger partial charge is 0.439 e. The predicted molar refractivity (Wildman–Crippen MR) is 77.7 cm³/mol. The van der Waals surface area contributed by atoms with Gasteiger partial charge < -0.3 is 15.2 Å². The SMILES string of the molecule is CCOCc1nc(N)cc(Oc2cc(C#N)ccc2C)n1. The Morgan fingerprint density at radius 1 is 1.29 bits per heavy atom. The van der Waals surface area contributed by atoms with Gasteiger partial charge in [0, 0.05) is 12.7 Å². The number of aryl methyl sites for hydroxylation is 1. The zero-order valence-corrected chi connectivity index (χ0v) is 12.0. The van der Waals surface area contributed by atoms with E-state index >= 15 is 0 Å². The van der Waals surface area contributed by atoms with Crippen molar-refractivity contribution in [1.29, 1.82) is 5.26 Å². The first kappa shape index (κ1) is 14.8. The number of rotatable bonds is 5. The Morgan fingerprint density at radius 3 is 2.81 bits per heavy atom. The second kappa shape index (κ2) is 6.68. The van der Waals surface area contributed by atoms with Crippen LogP contribution < -0.4 is 10.5 Å². The van der Waals surface area contributed by atoms with Crippen LogP contribution in [0.3, 0.4) is 0 Å². The third-order valence-electron chi connectivity index (χ3n) is 2.74. The van der Waals surface area contributed by atoms with Gasteiger partial charge in [-0.3, -0.25) is 0 Å². The van der Waals surface area contributed by atoms with Crippen molar-refractivity contribution in [2.45, 2.75) is 20.5 Å². The first-order valence-electron chi connectivity index (χ1n) is 6.52. The van der Waals surface area contributed by atoms with Crippen molar-refractivity contribution >= 4 is 5.82 Å². The van der Waals surface area contributed by atoms with E-state index in [-0.39, 0.29) is 6.61 Å². The van der Waals surface area contributed by atoms with Crippen LogP contribution in [0, 0.1) is 18.3 Å². The molecule has 0 bridgehead atoms. The molecule has 1 aromatic carbocycles. The molecule has 0 fully saturated rings. The molecule has 0 saturated carbocycles. The van der Waals surface area contributed by atoms with Crippen molar-refractivity contribution in [1.82, 2.24) is 9.97 Å². The Labute approximate surface area is 123 Å². The summed E-state index contributed by atoms with van der Waals surface area (Å²) in [6.07, 6.45) is 0. The highest BCUT2D eigenvalue weighted by molar-refractivity contribution is 5.44. The van der Waals surface area contributed by atoms with Crippen LogP contribution in [0.4, 0.5) is 5.82 Å². The molecule has 0 radical (unpaired) electrons. The molecule has 2 rings (SSSR count). The number of hydrogen-bond acceptors (Lipinski definition) is 6. The minimum atomic E-state index is 0.273. The van der Waals surface area contributed by atoms with E-state index in [9.17, 15) is 0 Å². The van der Waals surface area contributed by atoms with Crippen molar-refractivity contribution < 1.29 is 9.47 Å². The number of ether oxygens (including phenoxy) is 2. The van der Waals surface area contributed by atoms with Crippen molar-refractivity contribution in [3.63, 3.8) is 0 Å². The summed E-state index contributed by atoms with van der Waals surface area (Å²) in [5, 5.41) is 8.94. The number of hydrogen-bond donors (Lipinski definition) is 1. The van der Waals surface area contributed by atoms with Gasteiger partial charge in [0.05, 0.1) is 11.6 Å². The number of anilines is 1. The Balaban J connectivity index is 2.27. The maximum Gasteiger partial charge on any atom is 0.224 e. The molecule has 0 saturated heterocycles. The fourth-order valence-corrected chi connectivity index (χ4v) is 1.69. The van der Waals surface area contributed by atoms with E-state index < -0.39 is 0 Å². The first-order chi connectivity index (χ1) is 10.1. The fourth-order valence-electron chi connectivity index (χ4n) is 1.69. The zero-order chi connectivity index (χ0) is 15.2. The summed E-state index contributed by atoms with van der Waals surface area (Å²) in [4.78, 5) is 8.32. The van der Waals surface area contributed by atoms with Gasteiger partial charge in [-0.2, -0.15) is 10.2 Å². The number of nitrogens with two attached hydrogens (primary N) is 1. The Kier molecular flexibility index (Phi) is 4.69. The molecule has 0 spiro atoms. The number of nitrogen functional groups attached to an aromatic ring is 1. The minimum absolute atomic E-state index is 0.273.